The van der Waals surface area contributed by atoms with Gasteiger partial charge in [0.2, 0.25) is 0 Å². The fourth-order valence-corrected chi connectivity index (χ4v) is 4.96. The van der Waals surface area contributed by atoms with Gasteiger partial charge in [0.05, 0.1) is 25.0 Å². The molecule has 3 rings (SSSR count). The first kappa shape index (κ1) is 27.8. The molecular formula is C28H33ClN2O4S. The highest BCUT2D eigenvalue weighted by atomic mass is 35.5. The van der Waals surface area contributed by atoms with Crippen LogP contribution in [0.3, 0.4) is 0 Å². The van der Waals surface area contributed by atoms with Crippen molar-refractivity contribution in [2.24, 2.45) is 5.41 Å². The molecule has 192 valence electrons. The zero-order valence-electron chi connectivity index (χ0n) is 21.0. The van der Waals surface area contributed by atoms with E-state index >= 15 is 0 Å². The first-order valence-electron chi connectivity index (χ1n) is 12.2. The molecule has 36 heavy (non-hydrogen) atoms. The lowest BCUT2D eigenvalue weighted by Gasteiger charge is -2.28. The number of imidazole rings is 1. The highest BCUT2D eigenvalue weighted by molar-refractivity contribution is 7.99. The Kier molecular flexibility index (Phi) is 10.4. The highest BCUT2D eigenvalue weighted by Crippen LogP contribution is 2.32. The summed E-state index contributed by atoms with van der Waals surface area (Å²) in [6.07, 6.45) is 3.19. The summed E-state index contributed by atoms with van der Waals surface area (Å²) in [5.74, 6) is -0.247. The van der Waals surface area contributed by atoms with Gasteiger partial charge < -0.3 is 14.0 Å². The minimum atomic E-state index is -1.43. The molecule has 2 aromatic carbocycles. The topological polar surface area (TPSA) is 70.4 Å². The molecule has 0 N–H and O–H groups in total. The third-order valence-corrected chi connectivity index (χ3v) is 7.55. The SMILES string of the molecule is CCCSc1ncc(COC(=O)C(CC)(Cc2ccccc2)C(=O)OCC)n1Cc1ccccc1Cl. The van der Waals surface area contributed by atoms with Crippen molar-refractivity contribution < 1.29 is 19.1 Å². The van der Waals surface area contributed by atoms with Gasteiger partial charge in [0.25, 0.3) is 0 Å². The zero-order chi connectivity index (χ0) is 26.0. The Balaban J connectivity index is 1.86. The van der Waals surface area contributed by atoms with Crippen molar-refractivity contribution in [2.45, 2.75) is 58.3 Å². The maximum atomic E-state index is 13.5. The van der Waals surface area contributed by atoms with Gasteiger partial charge in [0.15, 0.2) is 10.6 Å². The van der Waals surface area contributed by atoms with Crippen molar-refractivity contribution in [1.82, 2.24) is 9.55 Å². The van der Waals surface area contributed by atoms with E-state index in [1.807, 2.05) is 66.1 Å². The summed E-state index contributed by atoms with van der Waals surface area (Å²) in [4.78, 5) is 31.1. The molecule has 0 fully saturated rings. The third-order valence-electron chi connectivity index (χ3n) is 5.98. The van der Waals surface area contributed by atoms with Crippen LogP contribution < -0.4 is 0 Å². The van der Waals surface area contributed by atoms with Crippen LogP contribution in [0.25, 0.3) is 0 Å². The molecule has 1 heterocycles. The van der Waals surface area contributed by atoms with E-state index in [4.69, 9.17) is 21.1 Å². The van der Waals surface area contributed by atoms with E-state index in [0.29, 0.717) is 11.6 Å². The Hall–Kier alpha value is -2.77. The number of nitrogens with zero attached hydrogens (tertiary/aromatic N) is 2. The first-order valence-corrected chi connectivity index (χ1v) is 13.6. The van der Waals surface area contributed by atoms with Crippen LogP contribution in [0.4, 0.5) is 0 Å². The van der Waals surface area contributed by atoms with Crippen molar-refractivity contribution in [3.63, 3.8) is 0 Å². The standard InChI is InChI=1S/C28H33ClN2O4S/c1-4-16-36-27-30-18-23(31(27)19-22-14-10-11-15-24(22)29)20-35-26(33)28(5-2,25(32)34-6-3)17-21-12-8-7-9-13-21/h7-15,18H,4-6,16-17,19-20H2,1-3H3. The van der Waals surface area contributed by atoms with Gasteiger partial charge in [-0.05, 0) is 43.4 Å². The predicted molar refractivity (Wildman–Crippen MR) is 143 cm³/mol. The van der Waals surface area contributed by atoms with Gasteiger partial charge in [-0.3, -0.25) is 9.59 Å². The van der Waals surface area contributed by atoms with Gasteiger partial charge in [-0.25, -0.2) is 4.98 Å². The van der Waals surface area contributed by atoms with Crippen LogP contribution in [0, 0.1) is 5.41 Å². The Morgan fingerprint density at radius 3 is 2.36 bits per heavy atom. The Morgan fingerprint density at radius 2 is 1.69 bits per heavy atom. The van der Waals surface area contributed by atoms with E-state index in [9.17, 15) is 9.59 Å². The maximum Gasteiger partial charge on any atom is 0.324 e. The second-order valence-corrected chi connectivity index (χ2v) is 9.92. The van der Waals surface area contributed by atoms with Crippen LogP contribution in [-0.4, -0.2) is 33.8 Å². The van der Waals surface area contributed by atoms with E-state index < -0.39 is 17.4 Å². The zero-order valence-corrected chi connectivity index (χ0v) is 22.6. The molecule has 1 aromatic heterocycles. The van der Waals surface area contributed by atoms with Gasteiger partial charge in [0, 0.05) is 10.8 Å². The lowest BCUT2D eigenvalue weighted by Crippen LogP contribution is -2.43. The quantitative estimate of drug-likeness (QED) is 0.147. The lowest BCUT2D eigenvalue weighted by molar-refractivity contribution is -0.173. The van der Waals surface area contributed by atoms with Crippen molar-refractivity contribution in [1.29, 1.82) is 0 Å². The molecule has 0 aliphatic carbocycles. The van der Waals surface area contributed by atoms with E-state index in [2.05, 4.69) is 11.9 Å². The molecule has 3 aromatic rings. The van der Waals surface area contributed by atoms with Crippen molar-refractivity contribution in [2.75, 3.05) is 12.4 Å². The number of hydrogen-bond donors (Lipinski definition) is 0. The molecule has 6 nitrogen and oxygen atoms in total. The average molecular weight is 529 g/mol. The van der Waals surface area contributed by atoms with E-state index in [-0.39, 0.29) is 26.1 Å². The molecule has 0 radical (unpaired) electrons. The second kappa shape index (κ2) is 13.5. The van der Waals surface area contributed by atoms with Gasteiger partial charge in [-0.15, -0.1) is 0 Å². The van der Waals surface area contributed by atoms with Crippen LogP contribution in [0.1, 0.15) is 50.4 Å². The van der Waals surface area contributed by atoms with Gasteiger partial charge in [0.1, 0.15) is 6.61 Å². The number of carbonyl (C=O) groups is 2. The summed E-state index contributed by atoms with van der Waals surface area (Å²) in [6.45, 7) is 6.32. The highest BCUT2D eigenvalue weighted by Gasteiger charge is 2.47. The molecule has 1 unspecified atom stereocenters. The number of hydrogen-bond acceptors (Lipinski definition) is 6. The van der Waals surface area contributed by atoms with Crippen LogP contribution in [-0.2, 0) is 38.6 Å². The molecule has 0 bridgehead atoms. The Labute approximate surface area is 222 Å². The van der Waals surface area contributed by atoms with Crippen LogP contribution in [0.2, 0.25) is 5.02 Å². The third kappa shape index (κ3) is 6.71. The molecule has 8 heteroatoms. The van der Waals surface area contributed by atoms with Crippen molar-refractivity contribution in [3.05, 3.63) is 82.6 Å². The first-order chi connectivity index (χ1) is 17.4. The van der Waals surface area contributed by atoms with Crippen LogP contribution in [0.15, 0.2) is 66.0 Å². The number of esters is 2. The molecule has 0 saturated heterocycles. The number of carbonyl (C=O) groups excluding carboxylic acids is 2. The van der Waals surface area contributed by atoms with Crippen LogP contribution in [0.5, 0.6) is 0 Å². The molecular weight excluding hydrogens is 496 g/mol. The second-order valence-electron chi connectivity index (χ2n) is 8.45. The smallest absolute Gasteiger partial charge is 0.324 e. The predicted octanol–water partition coefficient (Wildman–Crippen LogP) is 6.33. The summed E-state index contributed by atoms with van der Waals surface area (Å²) in [6, 6.07) is 17.1. The average Bonchev–Trinajstić information content (AvgIpc) is 3.27. The van der Waals surface area contributed by atoms with Gasteiger partial charge in [-0.1, -0.05) is 85.7 Å². The van der Waals surface area contributed by atoms with Gasteiger partial charge in [-0.2, -0.15) is 0 Å². The van der Waals surface area contributed by atoms with Crippen molar-refractivity contribution >= 4 is 35.3 Å². The molecule has 1 atom stereocenters. The molecule has 0 aliphatic heterocycles. The summed E-state index contributed by atoms with van der Waals surface area (Å²) in [5.41, 5.74) is 1.12. The Morgan fingerprint density at radius 1 is 1.00 bits per heavy atom. The summed E-state index contributed by atoms with van der Waals surface area (Å²) < 4.78 is 13.2. The number of rotatable bonds is 13. The summed E-state index contributed by atoms with van der Waals surface area (Å²) in [5, 5.41) is 1.50. The minimum Gasteiger partial charge on any atom is -0.465 e. The normalized spacial score (nSPS) is 12.7. The minimum absolute atomic E-state index is 0.0150. The van der Waals surface area contributed by atoms with Gasteiger partial charge >= 0.3 is 11.9 Å². The van der Waals surface area contributed by atoms with E-state index in [1.54, 1.807) is 24.9 Å². The number of thioether (sulfide) groups is 1. The number of halogens is 1. The molecule has 0 aliphatic rings. The molecule has 0 spiro atoms. The maximum absolute atomic E-state index is 13.5. The van der Waals surface area contributed by atoms with Crippen molar-refractivity contribution in [3.8, 4) is 0 Å². The lowest BCUT2D eigenvalue weighted by atomic mass is 9.79. The fraction of sp³-hybridized carbons (Fsp3) is 0.393. The summed E-state index contributed by atoms with van der Waals surface area (Å²) in [7, 11) is 0. The largest absolute Gasteiger partial charge is 0.465 e. The number of aromatic nitrogens is 2. The number of benzene rings is 2. The van der Waals surface area contributed by atoms with E-state index in [1.165, 1.54) is 0 Å². The Bertz CT molecular complexity index is 1150. The molecule has 0 amide bonds. The van der Waals surface area contributed by atoms with Crippen LogP contribution >= 0.6 is 23.4 Å². The van der Waals surface area contributed by atoms with E-state index in [0.717, 1.165) is 34.2 Å². The fourth-order valence-electron chi connectivity index (χ4n) is 3.91. The summed E-state index contributed by atoms with van der Waals surface area (Å²) >= 11 is 8.07. The monoisotopic (exact) mass is 528 g/mol. The number of ether oxygens (including phenoxy) is 2. The molecule has 0 saturated carbocycles.